The fourth-order valence-corrected chi connectivity index (χ4v) is 1.66. The quantitative estimate of drug-likeness (QED) is 0.711. The Morgan fingerprint density at radius 1 is 1.64 bits per heavy atom. The van der Waals surface area contributed by atoms with Crippen LogP contribution in [0.25, 0.3) is 0 Å². The van der Waals surface area contributed by atoms with Gasteiger partial charge in [0.1, 0.15) is 22.4 Å². The molecule has 1 aliphatic rings. The molecule has 1 fully saturated rings. The van der Waals surface area contributed by atoms with Gasteiger partial charge in [0.25, 0.3) is 0 Å². The molecular formula is C10H10N2OS. The summed E-state index contributed by atoms with van der Waals surface area (Å²) < 4.78 is 5.61. The predicted octanol–water partition coefficient (Wildman–Crippen LogP) is 2.22. The Morgan fingerprint density at radius 2 is 2.43 bits per heavy atom. The molecule has 1 saturated carbocycles. The second-order valence-corrected chi connectivity index (χ2v) is 3.92. The van der Waals surface area contributed by atoms with E-state index in [0.29, 0.717) is 17.4 Å². The van der Waals surface area contributed by atoms with Crippen LogP contribution in [-0.4, -0.2) is 17.3 Å². The van der Waals surface area contributed by atoms with Gasteiger partial charge in [0.05, 0.1) is 6.10 Å². The molecule has 1 aromatic heterocycles. The first-order valence-corrected chi connectivity index (χ1v) is 5.67. The van der Waals surface area contributed by atoms with Crippen molar-refractivity contribution in [2.24, 2.45) is 0 Å². The number of aromatic nitrogens is 1. The van der Waals surface area contributed by atoms with Crippen LogP contribution in [-0.2, 0) is 0 Å². The van der Waals surface area contributed by atoms with Crippen molar-refractivity contribution in [1.82, 2.24) is 4.98 Å². The molecule has 1 aromatic rings. The highest BCUT2D eigenvalue weighted by Crippen LogP contribution is 2.31. The van der Waals surface area contributed by atoms with Gasteiger partial charge in [0.15, 0.2) is 0 Å². The summed E-state index contributed by atoms with van der Waals surface area (Å²) in [5.41, 5.74) is 0.562. The number of nitrogens with zero attached hydrogens (tertiary/aromatic N) is 2. The summed E-state index contributed by atoms with van der Waals surface area (Å²) in [7, 11) is 0. The van der Waals surface area contributed by atoms with Crippen LogP contribution in [0.2, 0.25) is 0 Å². The third-order valence-electron chi connectivity index (χ3n) is 2.00. The molecular weight excluding hydrogens is 196 g/mol. The van der Waals surface area contributed by atoms with Crippen LogP contribution < -0.4 is 4.74 Å². The van der Waals surface area contributed by atoms with E-state index in [-0.39, 0.29) is 0 Å². The summed E-state index contributed by atoms with van der Waals surface area (Å²) in [6.45, 7) is 0. The fraction of sp³-hybridized carbons (Fsp3) is 0.400. The molecule has 0 atom stereocenters. The lowest BCUT2D eigenvalue weighted by molar-refractivity contribution is 0.301. The minimum atomic E-state index is 0.319. The lowest BCUT2D eigenvalue weighted by atomic mass is 10.3. The van der Waals surface area contributed by atoms with E-state index >= 15 is 0 Å². The Labute approximate surface area is 87.1 Å². The van der Waals surface area contributed by atoms with Crippen LogP contribution in [0.4, 0.5) is 0 Å². The standard InChI is InChI=1S/C10H10N2OS/c1-14-10-8(6-11)9(4-5-12-10)13-7-2-3-7/h4-5,7H,2-3H2,1H3. The molecule has 0 saturated heterocycles. The van der Waals surface area contributed by atoms with E-state index in [9.17, 15) is 0 Å². The molecule has 72 valence electrons. The Morgan fingerprint density at radius 3 is 3.00 bits per heavy atom. The molecule has 0 aliphatic heterocycles. The zero-order chi connectivity index (χ0) is 9.97. The van der Waals surface area contributed by atoms with Crippen molar-refractivity contribution in [3.8, 4) is 11.8 Å². The van der Waals surface area contributed by atoms with Crippen LogP contribution >= 0.6 is 11.8 Å². The van der Waals surface area contributed by atoms with Gasteiger partial charge in [-0.2, -0.15) is 5.26 Å². The fourth-order valence-electron chi connectivity index (χ4n) is 1.15. The molecule has 1 heterocycles. The first-order chi connectivity index (χ1) is 6.85. The number of nitriles is 1. The van der Waals surface area contributed by atoms with Crippen molar-refractivity contribution in [1.29, 1.82) is 5.26 Å². The predicted molar refractivity (Wildman–Crippen MR) is 54.4 cm³/mol. The number of ether oxygens (including phenoxy) is 1. The normalized spacial score (nSPS) is 14.9. The highest BCUT2D eigenvalue weighted by molar-refractivity contribution is 7.98. The van der Waals surface area contributed by atoms with Crippen LogP contribution in [0.15, 0.2) is 17.3 Å². The average molecular weight is 206 g/mol. The maximum Gasteiger partial charge on any atom is 0.141 e. The van der Waals surface area contributed by atoms with Crippen molar-refractivity contribution in [2.45, 2.75) is 24.0 Å². The Kier molecular flexibility index (Phi) is 2.60. The van der Waals surface area contributed by atoms with Gasteiger partial charge >= 0.3 is 0 Å². The topological polar surface area (TPSA) is 45.9 Å². The molecule has 0 N–H and O–H groups in total. The van der Waals surface area contributed by atoms with Gasteiger partial charge in [-0.15, -0.1) is 11.8 Å². The molecule has 2 rings (SSSR count). The van der Waals surface area contributed by atoms with Gasteiger partial charge in [-0.3, -0.25) is 0 Å². The molecule has 0 bridgehead atoms. The summed E-state index contributed by atoms with van der Waals surface area (Å²) in [5, 5.41) is 9.72. The second-order valence-electron chi connectivity index (χ2n) is 3.12. The first kappa shape index (κ1) is 9.35. The largest absolute Gasteiger partial charge is 0.489 e. The van der Waals surface area contributed by atoms with E-state index in [4.69, 9.17) is 10.00 Å². The van der Waals surface area contributed by atoms with Crippen molar-refractivity contribution in [2.75, 3.05) is 6.26 Å². The van der Waals surface area contributed by atoms with E-state index in [1.54, 1.807) is 12.3 Å². The SMILES string of the molecule is CSc1nccc(OC2CC2)c1C#N. The highest BCUT2D eigenvalue weighted by Gasteiger charge is 2.25. The lowest BCUT2D eigenvalue weighted by Gasteiger charge is -2.07. The van der Waals surface area contributed by atoms with Crippen LogP contribution in [0, 0.1) is 11.3 Å². The van der Waals surface area contributed by atoms with E-state index in [1.807, 2.05) is 6.26 Å². The smallest absolute Gasteiger partial charge is 0.141 e. The van der Waals surface area contributed by atoms with Gasteiger partial charge < -0.3 is 4.74 Å². The van der Waals surface area contributed by atoms with Gasteiger partial charge in [-0.05, 0) is 25.2 Å². The molecule has 3 nitrogen and oxygen atoms in total. The lowest BCUT2D eigenvalue weighted by Crippen LogP contribution is -1.99. The number of hydrogen-bond acceptors (Lipinski definition) is 4. The van der Waals surface area contributed by atoms with Crippen molar-refractivity contribution >= 4 is 11.8 Å². The van der Waals surface area contributed by atoms with Crippen LogP contribution in [0.3, 0.4) is 0 Å². The van der Waals surface area contributed by atoms with Gasteiger partial charge in [0.2, 0.25) is 0 Å². The Hall–Kier alpha value is -1.21. The van der Waals surface area contributed by atoms with Crippen molar-refractivity contribution < 1.29 is 4.74 Å². The molecule has 1 aliphatic carbocycles. The van der Waals surface area contributed by atoms with Gasteiger partial charge in [0, 0.05) is 6.20 Å². The van der Waals surface area contributed by atoms with E-state index < -0.39 is 0 Å². The summed E-state index contributed by atoms with van der Waals surface area (Å²) in [6.07, 6.45) is 6.11. The van der Waals surface area contributed by atoms with Crippen LogP contribution in [0.5, 0.6) is 5.75 Å². The number of hydrogen-bond donors (Lipinski definition) is 0. The summed E-state index contributed by atoms with van der Waals surface area (Å²) in [6, 6.07) is 3.90. The molecule has 0 unspecified atom stereocenters. The molecule has 0 aromatic carbocycles. The van der Waals surface area contributed by atoms with Gasteiger partial charge in [-0.25, -0.2) is 4.98 Å². The summed E-state index contributed by atoms with van der Waals surface area (Å²) in [4.78, 5) is 4.12. The van der Waals surface area contributed by atoms with E-state index in [1.165, 1.54) is 11.8 Å². The van der Waals surface area contributed by atoms with Gasteiger partial charge in [-0.1, -0.05) is 0 Å². The third kappa shape index (κ3) is 1.83. The van der Waals surface area contributed by atoms with Crippen LogP contribution in [0.1, 0.15) is 18.4 Å². The third-order valence-corrected chi connectivity index (χ3v) is 2.70. The number of pyridine rings is 1. The Bertz CT molecular complexity index is 382. The zero-order valence-electron chi connectivity index (χ0n) is 7.86. The maximum atomic E-state index is 8.98. The summed E-state index contributed by atoms with van der Waals surface area (Å²) >= 11 is 1.47. The zero-order valence-corrected chi connectivity index (χ0v) is 8.67. The molecule has 0 radical (unpaired) electrons. The van der Waals surface area contributed by atoms with E-state index in [0.717, 1.165) is 17.9 Å². The molecule has 4 heteroatoms. The minimum Gasteiger partial charge on any atom is -0.489 e. The molecule has 0 spiro atoms. The van der Waals surface area contributed by atoms with E-state index in [2.05, 4.69) is 11.1 Å². The average Bonchev–Trinajstić information content (AvgIpc) is 3.01. The first-order valence-electron chi connectivity index (χ1n) is 4.45. The monoisotopic (exact) mass is 206 g/mol. The Balaban J connectivity index is 2.32. The number of thioether (sulfide) groups is 1. The minimum absolute atomic E-state index is 0.319. The second kappa shape index (κ2) is 3.89. The summed E-state index contributed by atoms with van der Waals surface area (Å²) in [5.74, 6) is 0.675. The number of rotatable bonds is 3. The molecule has 0 amide bonds. The highest BCUT2D eigenvalue weighted by atomic mass is 32.2. The molecule has 14 heavy (non-hydrogen) atoms. The maximum absolute atomic E-state index is 8.98. The van der Waals surface area contributed by atoms with Crippen molar-refractivity contribution in [3.63, 3.8) is 0 Å². The van der Waals surface area contributed by atoms with Crippen molar-refractivity contribution in [3.05, 3.63) is 17.8 Å².